The molecule has 2 fully saturated rings. The van der Waals surface area contributed by atoms with E-state index in [1.165, 1.54) is 0 Å². The van der Waals surface area contributed by atoms with Gasteiger partial charge in [-0.2, -0.15) is 0 Å². The van der Waals surface area contributed by atoms with Gasteiger partial charge < -0.3 is 30.1 Å². The highest BCUT2D eigenvalue weighted by atomic mass is 32.2. The predicted molar refractivity (Wildman–Crippen MR) is 164 cm³/mol. The van der Waals surface area contributed by atoms with Gasteiger partial charge in [0.2, 0.25) is 0 Å². The van der Waals surface area contributed by atoms with Crippen molar-refractivity contribution in [1.29, 1.82) is 0 Å². The van der Waals surface area contributed by atoms with Gasteiger partial charge in [0.1, 0.15) is 5.75 Å². The van der Waals surface area contributed by atoms with Crippen LogP contribution in [0.3, 0.4) is 0 Å². The Hall–Kier alpha value is -3.85. The number of carbonyl (C=O) groups excluding carboxylic acids is 2. The quantitative estimate of drug-likeness (QED) is 0.345. The number of piperazine rings is 1. The van der Waals surface area contributed by atoms with E-state index in [2.05, 4.69) is 26.5 Å². The van der Waals surface area contributed by atoms with Crippen LogP contribution >= 0.6 is 11.8 Å². The summed E-state index contributed by atoms with van der Waals surface area (Å²) in [6, 6.07) is 21.1. The first-order valence-corrected chi connectivity index (χ1v) is 15.1. The first-order valence-electron chi connectivity index (χ1n) is 13.8. The first kappa shape index (κ1) is 27.7. The van der Waals surface area contributed by atoms with Crippen LogP contribution in [-0.4, -0.2) is 69.5 Å². The molecule has 0 bridgehead atoms. The highest BCUT2D eigenvalue weighted by molar-refractivity contribution is 7.98. The number of carbonyl (C=O) groups is 2. The van der Waals surface area contributed by atoms with Crippen molar-refractivity contribution in [2.45, 2.75) is 24.2 Å². The van der Waals surface area contributed by atoms with Gasteiger partial charge >= 0.3 is 6.03 Å². The Morgan fingerprint density at radius 3 is 2.05 bits per heavy atom. The van der Waals surface area contributed by atoms with Crippen LogP contribution in [-0.2, 0) is 0 Å². The lowest BCUT2D eigenvalue weighted by molar-refractivity contribution is 0.0725. The fourth-order valence-electron chi connectivity index (χ4n) is 5.38. The largest absolute Gasteiger partial charge is 0.495 e. The van der Waals surface area contributed by atoms with Crippen LogP contribution in [0.15, 0.2) is 71.6 Å². The summed E-state index contributed by atoms with van der Waals surface area (Å²) in [7, 11) is 1.70. The highest BCUT2D eigenvalue weighted by Gasteiger charge is 2.26. The molecule has 0 unspecified atom stereocenters. The van der Waals surface area contributed by atoms with Gasteiger partial charge in [0, 0.05) is 61.2 Å². The standard InChI is InChI=1S/C31H37N5O3S/c1-39-29-9-5-4-8-28(29)35-20-18-34(19-21-35)27-15-12-24(22-26(27)30(37)36-16-6-3-7-17-36)33-31(38)32-23-10-13-25(40-2)14-11-23/h4-5,8-15,22H,3,6-7,16-21H2,1-2H3,(H2,32,33,38). The SMILES string of the molecule is COc1ccccc1N1CCN(c2ccc(NC(=O)Nc3ccc(SC)cc3)cc2C(=O)N2CCCCC2)CC1. The predicted octanol–water partition coefficient (Wildman–Crippen LogP) is 6.01. The first-order chi connectivity index (χ1) is 19.6. The maximum atomic E-state index is 13.8. The summed E-state index contributed by atoms with van der Waals surface area (Å²) in [6.45, 7) is 4.72. The van der Waals surface area contributed by atoms with Crippen LogP contribution in [0.4, 0.5) is 27.5 Å². The molecule has 3 aromatic carbocycles. The van der Waals surface area contributed by atoms with Crippen molar-refractivity contribution in [3.05, 3.63) is 72.3 Å². The van der Waals surface area contributed by atoms with Crippen LogP contribution in [0.5, 0.6) is 5.75 Å². The van der Waals surface area contributed by atoms with Gasteiger partial charge in [0.25, 0.3) is 5.91 Å². The minimum atomic E-state index is -0.341. The van der Waals surface area contributed by atoms with E-state index in [0.29, 0.717) is 16.9 Å². The fourth-order valence-corrected chi connectivity index (χ4v) is 5.78. The molecular formula is C31H37N5O3S. The van der Waals surface area contributed by atoms with E-state index in [9.17, 15) is 9.59 Å². The number of nitrogens with one attached hydrogen (secondary N) is 2. The lowest BCUT2D eigenvalue weighted by Crippen LogP contribution is -2.47. The van der Waals surface area contributed by atoms with Gasteiger partial charge in [0.15, 0.2) is 0 Å². The number of amides is 3. The molecule has 3 amide bonds. The molecule has 210 valence electrons. The average Bonchev–Trinajstić information content (AvgIpc) is 3.01. The smallest absolute Gasteiger partial charge is 0.323 e. The lowest BCUT2D eigenvalue weighted by atomic mass is 10.1. The number of rotatable bonds is 7. The van der Waals surface area contributed by atoms with Gasteiger partial charge in [-0.3, -0.25) is 4.79 Å². The number of hydrogen-bond acceptors (Lipinski definition) is 6. The Morgan fingerprint density at radius 2 is 1.38 bits per heavy atom. The number of benzene rings is 3. The maximum absolute atomic E-state index is 13.8. The molecular weight excluding hydrogens is 522 g/mol. The minimum Gasteiger partial charge on any atom is -0.495 e. The van der Waals surface area contributed by atoms with Crippen molar-refractivity contribution in [2.24, 2.45) is 0 Å². The van der Waals surface area contributed by atoms with Gasteiger partial charge in [-0.1, -0.05) is 12.1 Å². The molecule has 2 saturated heterocycles. The van der Waals surface area contributed by atoms with Crippen LogP contribution in [0, 0.1) is 0 Å². The second-order valence-corrected chi connectivity index (χ2v) is 10.9. The maximum Gasteiger partial charge on any atom is 0.323 e. The Morgan fingerprint density at radius 1 is 0.750 bits per heavy atom. The number of likely N-dealkylation sites (tertiary alicyclic amines) is 1. The fraction of sp³-hybridized carbons (Fsp3) is 0.355. The third-order valence-electron chi connectivity index (χ3n) is 7.52. The molecule has 2 aliphatic rings. The van der Waals surface area contributed by atoms with E-state index in [1.54, 1.807) is 18.9 Å². The number of para-hydroxylation sites is 2. The normalized spacial score (nSPS) is 15.5. The monoisotopic (exact) mass is 559 g/mol. The summed E-state index contributed by atoms with van der Waals surface area (Å²) < 4.78 is 5.57. The number of piperidine rings is 1. The molecule has 0 spiro atoms. The molecule has 2 N–H and O–H groups in total. The number of hydrogen-bond donors (Lipinski definition) is 2. The van der Waals surface area contributed by atoms with E-state index in [1.807, 2.05) is 71.8 Å². The number of thioether (sulfide) groups is 1. The number of methoxy groups -OCH3 is 1. The molecule has 8 nitrogen and oxygen atoms in total. The van der Waals surface area contributed by atoms with Crippen LogP contribution in [0.25, 0.3) is 0 Å². The van der Waals surface area contributed by atoms with Crippen LogP contribution in [0.2, 0.25) is 0 Å². The number of anilines is 4. The van der Waals surface area contributed by atoms with Crippen molar-refractivity contribution in [3.63, 3.8) is 0 Å². The van der Waals surface area contributed by atoms with E-state index < -0.39 is 0 Å². The third kappa shape index (κ3) is 6.47. The number of nitrogens with zero attached hydrogens (tertiary/aromatic N) is 3. The summed E-state index contributed by atoms with van der Waals surface area (Å²) in [5.74, 6) is 0.893. The average molecular weight is 560 g/mol. The zero-order valence-corrected chi connectivity index (χ0v) is 24.0. The van der Waals surface area contributed by atoms with Gasteiger partial charge in [-0.15, -0.1) is 11.8 Å². The Labute approximate surface area is 240 Å². The van der Waals surface area contributed by atoms with Gasteiger partial charge in [-0.05, 0) is 80.1 Å². The summed E-state index contributed by atoms with van der Waals surface area (Å²) in [4.78, 5) is 34.2. The van der Waals surface area contributed by atoms with Crippen molar-refractivity contribution < 1.29 is 14.3 Å². The molecule has 3 aromatic rings. The van der Waals surface area contributed by atoms with Gasteiger partial charge in [-0.25, -0.2) is 4.79 Å². The van der Waals surface area contributed by atoms with Crippen molar-refractivity contribution in [3.8, 4) is 5.75 Å². The molecule has 9 heteroatoms. The van der Waals surface area contributed by atoms with Crippen LogP contribution in [0.1, 0.15) is 29.6 Å². The molecule has 0 saturated carbocycles. The van der Waals surface area contributed by atoms with Crippen molar-refractivity contribution >= 4 is 46.4 Å². The number of ether oxygens (including phenoxy) is 1. The second-order valence-electron chi connectivity index (χ2n) is 10.0. The Kier molecular flexibility index (Phi) is 9.01. The number of urea groups is 1. The zero-order valence-electron chi connectivity index (χ0n) is 23.2. The summed E-state index contributed by atoms with van der Waals surface area (Å²) in [5, 5.41) is 5.80. The van der Waals surface area contributed by atoms with E-state index in [-0.39, 0.29) is 11.9 Å². The highest BCUT2D eigenvalue weighted by Crippen LogP contribution is 2.32. The molecule has 0 radical (unpaired) electrons. The molecule has 5 rings (SSSR count). The molecule has 0 atom stereocenters. The molecule has 0 aliphatic carbocycles. The van der Waals surface area contributed by atoms with Crippen molar-refractivity contribution in [1.82, 2.24) is 4.90 Å². The Balaban J connectivity index is 1.33. The van der Waals surface area contributed by atoms with E-state index in [4.69, 9.17) is 4.74 Å². The third-order valence-corrected chi connectivity index (χ3v) is 8.27. The van der Waals surface area contributed by atoms with Gasteiger partial charge in [0.05, 0.1) is 18.4 Å². The Bertz CT molecular complexity index is 1320. The van der Waals surface area contributed by atoms with E-state index >= 15 is 0 Å². The molecule has 40 heavy (non-hydrogen) atoms. The lowest BCUT2D eigenvalue weighted by Gasteiger charge is -2.39. The minimum absolute atomic E-state index is 0.0265. The van der Waals surface area contributed by atoms with Crippen LogP contribution < -0.4 is 25.2 Å². The second kappa shape index (κ2) is 13.0. The summed E-state index contributed by atoms with van der Waals surface area (Å²) >= 11 is 1.65. The molecule has 0 aromatic heterocycles. The molecule has 2 aliphatic heterocycles. The summed E-state index contributed by atoms with van der Waals surface area (Å²) in [5.41, 5.74) is 3.94. The van der Waals surface area contributed by atoms with E-state index in [0.717, 1.165) is 80.6 Å². The zero-order chi connectivity index (χ0) is 27.9. The molecule has 2 heterocycles. The van der Waals surface area contributed by atoms with Crippen molar-refractivity contribution in [2.75, 3.05) is 73.1 Å². The summed E-state index contributed by atoms with van der Waals surface area (Å²) in [6.07, 6.45) is 5.21. The topological polar surface area (TPSA) is 77.1 Å².